The number of hydrogen-bond acceptors (Lipinski definition) is 3. The second-order valence-electron chi connectivity index (χ2n) is 5.30. The number of nitrogens with zero attached hydrogens (tertiary/aromatic N) is 1. The Morgan fingerprint density at radius 2 is 2.16 bits per heavy atom. The summed E-state index contributed by atoms with van der Waals surface area (Å²) in [7, 11) is 0. The summed E-state index contributed by atoms with van der Waals surface area (Å²) < 4.78 is 0. The number of aryl methyl sites for hydroxylation is 1. The van der Waals surface area contributed by atoms with Crippen molar-refractivity contribution in [1.82, 2.24) is 10.3 Å². The van der Waals surface area contributed by atoms with Crippen LogP contribution in [0.2, 0.25) is 0 Å². The van der Waals surface area contributed by atoms with Crippen LogP contribution in [0, 0.1) is 0 Å². The van der Waals surface area contributed by atoms with E-state index >= 15 is 0 Å². The molecule has 4 nitrogen and oxygen atoms in total. The Bertz CT molecular complexity index is 433. The number of hydrogen-bond donors (Lipinski definition) is 2. The number of carbonyl (C=O) groups excluding carboxylic acids is 1. The Hall–Kier alpha value is -1.39. The minimum absolute atomic E-state index is 0.0814. The molecular weight excluding hydrogens is 238 g/mol. The van der Waals surface area contributed by atoms with Crippen LogP contribution in [-0.4, -0.2) is 23.4 Å². The van der Waals surface area contributed by atoms with E-state index in [0.29, 0.717) is 12.5 Å². The SMILES string of the molecule is CC(CCC(=O)NN)N1CCCc2ccccc2C1. The molecule has 0 radical (unpaired) electrons. The summed E-state index contributed by atoms with van der Waals surface area (Å²) in [5, 5.41) is 0. The van der Waals surface area contributed by atoms with Crippen molar-refractivity contribution in [1.29, 1.82) is 0 Å². The normalized spacial score (nSPS) is 17.4. The van der Waals surface area contributed by atoms with Crippen LogP contribution < -0.4 is 11.3 Å². The van der Waals surface area contributed by atoms with Gasteiger partial charge in [0.25, 0.3) is 0 Å². The summed E-state index contributed by atoms with van der Waals surface area (Å²) in [5.74, 6) is 5.03. The highest BCUT2D eigenvalue weighted by Gasteiger charge is 2.19. The number of benzene rings is 1. The predicted molar refractivity (Wildman–Crippen MR) is 76.2 cm³/mol. The van der Waals surface area contributed by atoms with E-state index in [9.17, 15) is 4.79 Å². The van der Waals surface area contributed by atoms with Gasteiger partial charge >= 0.3 is 0 Å². The molecule has 1 aliphatic heterocycles. The van der Waals surface area contributed by atoms with Crippen LogP contribution in [0.3, 0.4) is 0 Å². The van der Waals surface area contributed by atoms with Crippen molar-refractivity contribution in [3.05, 3.63) is 35.4 Å². The van der Waals surface area contributed by atoms with Gasteiger partial charge in [-0.25, -0.2) is 5.84 Å². The molecule has 0 saturated carbocycles. The fraction of sp³-hybridized carbons (Fsp3) is 0.533. The summed E-state index contributed by atoms with van der Waals surface area (Å²) in [6.07, 6.45) is 3.69. The number of nitrogens with one attached hydrogen (secondary N) is 1. The Balaban J connectivity index is 1.96. The van der Waals surface area contributed by atoms with E-state index in [4.69, 9.17) is 5.84 Å². The number of fused-ring (bicyclic) bond motifs is 1. The molecule has 0 aromatic heterocycles. The quantitative estimate of drug-likeness (QED) is 0.491. The summed E-state index contributed by atoms with van der Waals surface area (Å²) in [6, 6.07) is 9.07. The van der Waals surface area contributed by atoms with Gasteiger partial charge in [-0.05, 0) is 43.9 Å². The van der Waals surface area contributed by atoms with Gasteiger partial charge in [0, 0.05) is 19.0 Å². The summed E-state index contributed by atoms with van der Waals surface area (Å²) >= 11 is 0. The lowest BCUT2D eigenvalue weighted by atomic mass is 10.0. The molecular formula is C15H23N3O. The van der Waals surface area contributed by atoms with E-state index in [0.717, 1.165) is 25.9 Å². The van der Waals surface area contributed by atoms with Crippen LogP contribution in [0.5, 0.6) is 0 Å². The monoisotopic (exact) mass is 261 g/mol. The second-order valence-corrected chi connectivity index (χ2v) is 5.30. The van der Waals surface area contributed by atoms with E-state index in [-0.39, 0.29) is 5.91 Å². The van der Waals surface area contributed by atoms with Gasteiger partial charge in [0.15, 0.2) is 0 Å². The Morgan fingerprint density at radius 1 is 1.42 bits per heavy atom. The molecule has 2 rings (SSSR count). The van der Waals surface area contributed by atoms with Crippen LogP contribution >= 0.6 is 0 Å². The van der Waals surface area contributed by atoms with Crippen molar-refractivity contribution < 1.29 is 4.79 Å². The molecule has 0 bridgehead atoms. The van der Waals surface area contributed by atoms with Crippen LogP contribution in [0.25, 0.3) is 0 Å². The molecule has 1 atom stereocenters. The fourth-order valence-corrected chi connectivity index (χ4v) is 2.70. The van der Waals surface area contributed by atoms with E-state index in [1.807, 2.05) is 0 Å². The molecule has 1 aromatic carbocycles. The Kier molecular flexibility index (Phi) is 4.93. The fourth-order valence-electron chi connectivity index (χ4n) is 2.70. The molecule has 104 valence electrons. The van der Waals surface area contributed by atoms with Crippen molar-refractivity contribution in [2.24, 2.45) is 5.84 Å². The molecule has 1 heterocycles. The first kappa shape index (κ1) is 14.0. The van der Waals surface area contributed by atoms with Crippen LogP contribution in [-0.2, 0) is 17.8 Å². The van der Waals surface area contributed by atoms with Gasteiger partial charge in [-0.2, -0.15) is 0 Å². The Labute approximate surface area is 114 Å². The van der Waals surface area contributed by atoms with Gasteiger partial charge in [0.1, 0.15) is 0 Å². The first-order valence-corrected chi connectivity index (χ1v) is 7.01. The topological polar surface area (TPSA) is 58.4 Å². The van der Waals surface area contributed by atoms with Gasteiger partial charge in [-0.15, -0.1) is 0 Å². The lowest BCUT2D eigenvalue weighted by Crippen LogP contribution is -2.35. The zero-order valence-corrected chi connectivity index (χ0v) is 11.6. The van der Waals surface area contributed by atoms with Gasteiger partial charge in [-0.3, -0.25) is 15.1 Å². The standard InChI is InChI=1S/C15H23N3O/c1-12(8-9-15(19)17-16)18-10-4-7-13-5-2-3-6-14(13)11-18/h2-3,5-6,12H,4,7-11,16H2,1H3,(H,17,19). The number of amides is 1. The van der Waals surface area contributed by atoms with Crippen LogP contribution in [0.15, 0.2) is 24.3 Å². The van der Waals surface area contributed by atoms with Crippen LogP contribution in [0.1, 0.15) is 37.3 Å². The van der Waals surface area contributed by atoms with E-state index < -0.39 is 0 Å². The van der Waals surface area contributed by atoms with Crippen molar-refractivity contribution in [3.63, 3.8) is 0 Å². The molecule has 3 N–H and O–H groups in total. The highest BCUT2D eigenvalue weighted by Crippen LogP contribution is 2.21. The third-order valence-electron chi connectivity index (χ3n) is 3.96. The molecule has 0 saturated heterocycles. The first-order valence-electron chi connectivity index (χ1n) is 7.01. The van der Waals surface area contributed by atoms with Gasteiger partial charge in [-0.1, -0.05) is 24.3 Å². The maximum atomic E-state index is 11.2. The number of hydrazine groups is 1. The van der Waals surface area contributed by atoms with Crippen molar-refractivity contribution in [2.75, 3.05) is 6.54 Å². The number of rotatable bonds is 4. The van der Waals surface area contributed by atoms with E-state index in [1.165, 1.54) is 17.5 Å². The summed E-state index contributed by atoms with van der Waals surface area (Å²) in [5.41, 5.74) is 5.09. The molecule has 1 amide bonds. The third kappa shape index (κ3) is 3.78. The van der Waals surface area contributed by atoms with Crippen LogP contribution in [0.4, 0.5) is 0 Å². The minimum Gasteiger partial charge on any atom is -0.296 e. The molecule has 1 unspecified atom stereocenters. The predicted octanol–water partition coefficient (Wildman–Crippen LogP) is 1.59. The molecule has 0 fully saturated rings. The molecule has 0 aliphatic carbocycles. The lowest BCUT2D eigenvalue weighted by molar-refractivity contribution is -0.121. The third-order valence-corrected chi connectivity index (χ3v) is 3.96. The summed E-state index contributed by atoms with van der Waals surface area (Å²) in [6.45, 7) is 4.28. The molecule has 4 heteroatoms. The molecule has 1 aliphatic rings. The average molecular weight is 261 g/mol. The Morgan fingerprint density at radius 3 is 2.89 bits per heavy atom. The van der Waals surface area contributed by atoms with Crippen molar-refractivity contribution >= 4 is 5.91 Å². The zero-order chi connectivity index (χ0) is 13.7. The largest absolute Gasteiger partial charge is 0.296 e. The minimum atomic E-state index is -0.0814. The second kappa shape index (κ2) is 6.68. The van der Waals surface area contributed by atoms with Crippen molar-refractivity contribution in [3.8, 4) is 0 Å². The first-order chi connectivity index (χ1) is 9.20. The molecule has 19 heavy (non-hydrogen) atoms. The van der Waals surface area contributed by atoms with E-state index in [2.05, 4.69) is 41.5 Å². The smallest absolute Gasteiger partial charge is 0.233 e. The van der Waals surface area contributed by atoms with Gasteiger partial charge in [0.2, 0.25) is 5.91 Å². The maximum absolute atomic E-state index is 11.2. The van der Waals surface area contributed by atoms with Crippen molar-refractivity contribution in [2.45, 2.75) is 45.2 Å². The molecule has 1 aromatic rings. The number of nitrogens with two attached hydrogens (primary N) is 1. The van der Waals surface area contributed by atoms with E-state index in [1.54, 1.807) is 0 Å². The number of carbonyl (C=O) groups is 1. The lowest BCUT2D eigenvalue weighted by Gasteiger charge is -2.27. The van der Waals surface area contributed by atoms with Gasteiger partial charge in [0.05, 0.1) is 0 Å². The highest BCUT2D eigenvalue weighted by atomic mass is 16.2. The zero-order valence-electron chi connectivity index (χ0n) is 11.6. The summed E-state index contributed by atoms with van der Waals surface area (Å²) in [4.78, 5) is 13.7. The average Bonchev–Trinajstić information content (AvgIpc) is 2.66. The maximum Gasteiger partial charge on any atom is 0.233 e. The van der Waals surface area contributed by atoms with Gasteiger partial charge < -0.3 is 0 Å². The highest BCUT2D eigenvalue weighted by molar-refractivity contribution is 5.75. The molecule has 0 spiro atoms.